The van der Waals surface area contributed by atoms with Crippen LogP contribution in [0.2, 0.25) is 0 Å². The molecule has 0 amide bonds. The molecule has 0 radical (unpaired) electrons. The van der Waals surface area contributed by atoms with Crippen LogP contribution in [-0.4, -0.2) is 17.0 Å². The molecule has 0 unspecified atom stereocenters. The smallest absolute Gasteiger partial charge is 0.0908 e. The maximum Gasteiger partial charge on any atom is 0.0908 e. The van der Waals surface area contributed by atoms with E-state index in [-0.39, 0.29) is 5.54 Å². The van der Waals surface area contributed by atoms with Crippen molar-refractivity contribution >= 4 is 11.4 Å². The third-order valence-electron chi connectivity index (χ3n) is 3.63. The standard InChI is InChI=1S/C19H22N2/c1-4-19(2,3)21-18(16-13-9-6-10-14-16)17(20)15-11-7-5-8-12-15/h5-14,20H,4H2,1-3H3. The maximum atomic E-state index is 8.55. The molecule has 0 aromatic heterocycles. The van der Waals surface area contributed by atoms with Crippen molar-refractivity contribution in [1.82, 2.24) is 0 Å². The van der Waals surface area contributed by atoms with Gasteiger partial charge in [0.25, 0.3) is 0 Å². The molecule has 2 nitrogen and oxygen atoms in total. The van der Waals surface area contributed by atoms with Crippen molar-refractivity contribution in [2.24, 2.45) is 4.99 Å². The Morgan fingerprint density at radius 2 is 1.38 bits per heavy atom. The SMILES string of the molecule is CCC(C)(C)N=C(C(=N)c1ccccc1)c1ccccc1. The molecule has 2 aromatic rings. The molecule has 0 aliphatic carbocycles. The molecular formula is C19H22N2. The van der Waals surface area contributed by atoms with Crippen molar-refractivity contribution < 1.29 is 0 Å². The van der Waals surface area contributed by atoms with E-state index in [9.17, 15) is 0 Å². The Labute approximate surface area is 127 Å². The van der Waals surface area contributed by atoms with Crippen LogP contribution in [0, 0.1) is 5.41 Å². The highest BCUT2D eigenvalue weighted by molar-refractivity contribution is 6.52. The summed E-state index contributed by atoms with van der Waals surface area (Å²) >= 11 is 0. The highest BCUT2D eigenvalue weighted by Gasteiger charge is 2.19. The first-order valence-electron chi connectivity index (χ1n) is 7.33. The lowest BCUT2D eigenvalue weighted by molar-refractivity contribution is 0.506. The van der Waals surface area contributed by atoms with Gasteiger partial charge in [-0.25, -0.2) is 0 Å². The second-order valence-electron chi connectivity index (χ2n) is 5.73. The molecule has 0 aliphatic rings. The zero-order valence-electron chi connectivity index (χ0n) is 12.9. The summed E-state index contributed by atoms with van der Waals surface area (Å²) in [7, 11) is 0. The summed E-state index contributed by atoms with van der Waals surface area (Å²) in [6, 6.07) is 19.8. The average molecular weight is 278 g/mol. The number of rotatable bonds is 5. The van der Waals surface area contributed by atoms with Crippen molar-refractivity contribution in [2.45, 2.75) is 32.7 Å². The van der Waals surface area contributed by atoms with Crippen LogP contribution in [0.15, 0.2) is 65.7 Å². The average Bonchev–Trinajstić information content (AvgIpc) is 2.54. The fourth-order valence-corrected chi connectivity index (χ4v) is 1.98. The Hall–Kier alpha value is -2.22. The van der Waals surface area contributed by atoms with Crippen LogP contribution >= 0.6 is 0 Å². The van der Waals surface area contributed by atoms with E-state index in [1.807, 2.05) is 60.7 Å². The zero-order valence-corrected chi connectivity index (χ0v) is 12.9. The summed E-state index contributed by atoms with van der Waals surface area (Å²) in [4.78, 5) is 4.87. The van der Waals surface area contributed by atoms with E-state index >= 15 is 0 Å². The minimum absolute atomic E-state index is 0.174. The van der Waals surface area contributed by atoms with Gasteiger partial charge in [-0.3, -0.25) is 10.4 Å². The molecule has 0 spiro atoms. The van der Waals surface area contributed by atoms with Crippen molar-refractivity contribution in [3.8, 4) is 0 Å². The first kappa shape index (κ1) is 15.2. The number of nitrogens with zero attached hydrogens (tertiary/aromatic N) is 1. The number of nitrogens with one attached hydrogen (secondary N) is 1. The largest absolute Gasteiger partial charge is 0.298 e. The van der Waals surface area contributed by atoms with Gasteiger partial charge in [-0.1, -0.05) is 67.6 Å². The fraction of sp³-hybridized carbons (Fsp3) is 0.263. The Bertz CT molecular complexity index is 625. The van der Waals surface area contributed by atoms with Gasteiger partial charge in [0.2, 0.25) is 0 Å². The molecule has 0 bridgehead atoms. The maximum absolute atomic E-state index is 8.55. The number of aliphatic imine (C=N–C) groups is 1. The molecule has 2 heteroatoms. The van der Waals surface area contributed by atoms with E-state index in [1.54, 1.807) is 0 Å². The second kappa shape index (κ2) is 6.49. The van der Waals surface area contributed by atoms with Crippen LogP contribution < -0.4 is 0 Å². The Morgan fingerprint density at radius 1 is 0.905 bits per heavy atom. The predicted octanol–water partition coefficient (Wildman–Crippen LogP) is 4.73. The van der Waals surface area contributed by atoms with Gasteiger partial charge in [0.15, 0.2) is 0 Å². The normalized spacial score (nSPS) is 12.2. The minimum atomic E-state index is -0.174. The van der Waals surface area contributed by atoms with Gasteiger partial charge in [-0.2, -0.15) is 0 Å². The quantitative estimate of drug-likeness (QED) is 0.767. The molecule has 0 heterocycles. The fourth-order valence-electron chi connectivity index (χ4n) is 1.98. The van der Waals surface area contributed by atoms with Gasteiger partial charge >= 0.3 is 0 Å². The number of benzene rings is 2. The van der Waals surface area contributed by atoms with Crippen LogP contribution in [0.3, 0.4) is 0 Å². The van der Waals surface area contributed by atoms with E-state index in [1.165, 1.54) is 0 Å². The lowest BCUT2D eigenvalue weighted by Crippen LogP contribution is -2.24. The van der Waals surface area contributed by atoms with Crippen LogP contribution in [0.4, 0.5) is 0 Å². The lowest BCUT2D eigenvalue weighted by Gasteiger charge is -2.20. The molecule has 2 aromatic carbocycles. The van der Waals surface area contributed by atoms with E-state index in [0.717, 1.165) is 23.3 Å². The summed E-state index contributed by atoms with van der Waals surface area (Å²) in [6.45, 7) is 6.33. The molecule has 2 rings (SSSR count). The summed E-state index contributed by atoms with van der Waals surface area (Å²) in [5.74, 6) is 0. The Kier molecular flexibility index (Phi) is 4.69. The van der Waals surface area contributed by atoms with Gasteiger partial charge in [0.05, 0.1) is 17.0 Å². The topological polar surface area (TPSA) is 36.2 Å². The molecule has 0 aliphatic heterocycles. The van der Waals surface area contributed by atoms with Gasteiger partial charge in [-0.15, -0.1) is 0 Å². The minimum Gasteiger partial charge on any atom is -0.298 e. The highest BCUT2D eigenvalue weighted by Crippen LogP contribution is 2.18. The molecule has 0 saturated heterocycles. The third kappa shape index (κ3) is 3.88. The molecule has 0 fully saturated rings. The first-order valence-corrected chi connectivity index (χ1v) is 7.33. The van der Waals surface area contributed by atoms with Gasteiger partial charge in [0.1, 0.15) is 0 Å². The van der Waals surface area contributed by atoms with Gasteiger partial charge in [0, 0.05) is 11.1 Å². The summed E-state index contributed by atoms with van der Waals surface area (Å²) in [6.07, 6.45) is 0.936. The zero-order chi connectivity index (χ0) is 15.3. The predicted molar refractivity (Wildman–Crippen MR) is 90.6 cm³/mol. The summed E-state index contributed by atoms with van der Waals surface area (Å²) < 4.78 is 0. The van der Waals surface area contributed by atoms with E-state index < -0.39 is 0 Å². The molecule has 1 N–H and O–H groups in total. The summed E-state index contributed by atoms with van der Waals surface area (Å²) in [5, 5.41) is 8.55. The Morgan fingerprint density at radius 3 is 1.86 bits per heavy atom. The first-order chi connectivity index (χ1) is 10.0. The molecule has 0 saturated carbocycles. The number of hydrogen-bond acceptors (Lipinski definition) is 2. The van der Waals surface area contributed by atoms with Crippen LogP contribution in [0.1, 0.15) is 38.3 Å². The molecular weight excluding hydrogens is 256 g/mol. The van der Waals surface area contributed by atoms with Gasteiger partial charge < -0.3 is 0 Å². The van der Waals surface area contributed by atoms with Crippen molar-refractivity contribution in [3.63, 3.8) is 0 Å². The van der Waals surface area contributed by atoms with E-state index in [2.05, 4.69) is 20.8 Å². The third-order valence-corrected chi connectivity index (χ3v) is 3.63. The van der Waals surface area contributed by atoms with Crippen molar-refractivity contribution in [3.05, 3.63) is 71.8 Å². The van der Waals surface area contributed by atoms with Crippen LogP contribution in [-0.2, 0) is 0 Å². The van der Waals surface area contributed by atoms with E-state index in [0.29, 0.717) is 5.71 Å². The lowest BCUT2D eigenvalue weighted by atomic mass is 9.97. The van der Waals surface area contributed by atoms with Crippen molar-refractivity contribution in [1.29, 1.82) is 5.41 Å². The van der Waals surface area contributed by atoms with Crippen molar-refractivity contribution in [2.75, 3.05) is 0 Å². The van der Waals surface area contributed by atoms with E-state index in [4.69, 9.17) is 10.4 Å². The van der Waals surface area contributed by atoms with Crippen LogP contribution in [0.25, 0.3) is 0 Å². The molecule has 108 valence electrons. The van der Waals surface area contributed by atoms with Crippen LogP contribution in [0.5, 0.6) is 0 Å². The number of hydrogen-bond donors (Lipinski definition) is 1. The monoisotopic (exact) mass is 278 g/mol. The highest BCUT2D eigenvalue weighted by atomic mass is 14.9. The molecule has 21 heavy (non-hydrogen) atoms. The Balaban J connectivity index is 2.50. The second-order valence-corrected chi connectivity index (χ2v) is 5.73. The van der Waals surface area contributed by atoms with Gasteiger partial charge in [-0.05, 0) is 20.3 Å². The molecule has 0 atom stereocenters. The summed E-state index contributed by atoms with van der Waals surface area (Å²) in [5.41, 5.74) is 2.95.